The Morgan fingerprint density at radius 1 is 0.750 bits per heavy atom. The minimum atomic E-state index is 0. The molecule has 3 saturated heterocycles. The van der Waals surface area contributed by atoms with Crippen molar-refractivity contribution in [2.24, 2.45) is 0 Å². The molecule has 0 saturated carbocycles. The molecule has 0 spiro atoms. The molecule has 3 aromatic rings. The fourth-order valence-corrected chi connectivity index (χ4v) is 6.87. The molecule has 1 unspecified atom stereocenters. The summed E-state index contributed by atoms with van der Waals surface area (Å²) in [5.74, 6) is 1.71. The summed E-state index contributed by atoms with van der Waals surface area (Å²) in [6.45, 7) is 23.4. The van der Waals surface area contributed by atoms with Gasteiger partial charge in [-0.15, -0.1) is 0 Å². The van der Waals surface area contributed by atoms with Crippen LogP contribution in [0.15, 0.2) is 55.4 Å². The number of likely N-dealkylation sites (tertiary alicyclic amines) is 2. The van der Waals surface area contributed by atoms with Gasteiger partial charge in [0.25, 0.3) is 0 Å². The van der Waals surface area contributed by atoms with Crippen LogP contribution in [-0.4, -0.2) is 122 Å². The lowest BCUT2D eigenvalue weighted by Gasteiger charge is -2.35. The van der Waals surface area contributed by atoms with E-state index in [0.29, 0.717) is 36.4 Å². The Bertz CT molecular complexity index is 1570. The molecule has 1 atom stereocenters. The molecular weight excluding hydrogens is 705 g/mol. The third-order valence-electron chi connectivity index (χ3n) is 10.5. The van der Waals surface area contributed by atoms with Crippen molar-refractivity contribution >= 4 is 23.0 Å². The van der Waals surface area contributed by atoms with Gasteiger partial charge >= 0.3 is 0 Å². The van der Waals surface area contributed by atoms with E-state index in [1.54, 1.807) is 14.0 Å². The van der Waals surface area contributed by atoms with Crippen LogP contribution in [-0.2, 0) is 19.0 Å². The highest BCUT2D eigenvalue weighted by Gasteiger charge is 2.24. The van der Waals surface area contributed by atoms with Gasteiger partial charge in [0.05, 0.1) is 49.6 Å². The quantitative estimate of drug-likeness (QED) is 0.146. The largest absolute Gasteiger partial charge is 0.383 e. The van der Waals surface area contributed by atoms with E-state index in [0.717, 1.165) is 89.0 Å². The molecule has 12 heteroatoms. The molecule has 6 heterocycles. The van der Waals surface area contributed by atoms with Crippen LogP contribution in [0.2, 0.25) is 0 Å². The van der Waals surface area contributed by atoms with Gasteiger partial charge in [-0.3, -0.25) is 19.7 Å². The van der Waals surface area contributed by atoms with Gasteiger partial charge in [-0.25, -0.2) is 0 Å². The zero-order chi connectivity index (χ0) is 40.3. The van der Waals surface area contributed by atoms with Crippen LogP contribution in [0.5, 0.6) is 0 Å². The summed E-state index contributed by atoms with van der Waals surface area (Å²) in [5, 5.41) is 10.4. The number of aromatic nitrogens is 3. The molecule has 0 radical (unpaired) electrons. The van der Waals surface area contributed by atoms with E-state index in [2.05, 4.69) is 95.5 Å². The molecule has 3 aliphatic heterocycles. The van der Waals surface area contributed by atoms with Crippen molar-refractivity contribution in [3.05, 3.63) is 72.1 Å². The van der Waals surface area contributed by atoms with Crippen molar-refractivity contribution in [3.63, 3.8) is 0 Å². The summed E-state index contributed by atoms with van der Waals surface area (Å²) in [4.78, 5) is 28.5. The van der Waals surface area contributed by atoms with E-state index in [1.807, 2.05) is 42.1 Å². The van der Waals surface area contributed by atoms with E-state index < -0.39 is 0 Å². The Kier molecular flexibility index (Phi) is 19.3. The fourth-order valence-electron chi connectivity index (χ4n) is 6.87. The zero-order valence-corrected chi connectivity index (χ0v) is 35.4. The minimum Gasteiger partial charge on any atom is -0.383 e. The number of pyridine rings is 3. The number of anilines is 3. The number of ether oxygens (including phenoxy) is 3. The Balaban J connectivity index is 0.000000444. The fraction of sp³-hybridized carbons (Fsp3) is 0.636. The average molecular weight is 781 g/mol. The van der Waals surface area contributed by atoms with Gasteiger partial charge in [-0.2, -0.15) is 0 Å². The molecule has 12 nitrogen and oxygen atoms in total. The number of nitrogens with one attached hydrogen (secondary N) is 3. The van der Waals surface area contributed by atoms with Crippen molar-refractivity contribution in [2.45, 2.75) is 110 Å². The van der Waals surface area contributed by atoms with Crippen molar-refractivity contribution in [1.29, 1.82) is 0 Å². The number of nitrogens with zero attached hydrogens (tertiary/aromatic N) is 5. The predicted octanol–water partition coefficient (Wildman–Crippen LogP) is 8.13. The Morgan fingerprint density at radius 2 is 1.23 bits per heavy atom. The van der Waals surface area contributed by atoms with Gasteiger partial charge in [-0.05, 0) is 78.3 Å². The van der Waals surface area contributed by atoms with Crippen molar-refractivity contribution < 1.29 is 23.3 Å². The third kappa shape index (κ3) is 16.0. The second-order valence-corrected chi connectivity index (χ2v) is 16.1. The first-order valence-corrected chi connectivity index (χ1v) is 20.8. The molecular formula is C44H76N8O4. The van der Waals surface area contributed by atoms with Gasteiger partial charge in [0, 0.05) is 107 Å². The normalized spacial score (nSPS) is 18.2. The van der Waals surface area contributed by atoms with Crippen molar-refractivity contribution in [2.75, 3.05) is 88.8 Å². The van der Waals surface area contributed by atoms with Gasteiger partial charge in [0.2, 0.25) is 5.91 Å². The lowest BCUT2D eigenvalue weighted by atomic mass is 10.0. The first-order valence-electron chi connectivity index (χ1n) is 20.8. The number of amides is 1. The SMILES string of the molecule is CC(=O)N1CCC(Nc2cncc(C(C)C)c2)CC1.CC(C)c1cncc(NC2CCN(CC3COCCO3)CC2)c1.COCCNc1cncc(C(C)C)c1.[HH].[HH].[HH]. The number of carbonyl (C=O) groups is 1. The highest BCUT2D eigenvalue weighted by Crippen LogP contribution is 2.22. The second kappa shape index (κ2) is 24.0. The number of piperidine rings is 2. The maximum Gasteiger partial charge on any atom is 0.219 e. The van der Waals surface area contributed by atoms with Crippen LogP contribution in [0.4, 0.5) is 17.1 Å². The third-order valence-corrected chi connectivity index (χ3v) is 10.5. The molecule has 0 aromatic carbocycles. The highest BCUT2D eigenvalue weighted by molar-refractivity contribution is 5.73. The van der Waals surface area contributed by atoms with E-state index in [-0.39, 0.29) is 16.3 Å². The molecule has 316 valence electrons. The lowest BCUT2D eigenvalue weighted by Crippen LogP contribution is -2.45. The van der Waals surface area contributed by atoms with Gasteiger partial charge in [0.1, 0.15) is 0 Å². The van der Waals surface area contributed by atoms with Crippen LogP contribution >= 0.6 is 0 Å². The first kappa shape index (κ1) is 44.9. The Hall–Kier alpha value is -3.84. The molecule has 3 aliphatic rings. The number of rotatable bonds is 13. The second-order valence-electron chi connectivity index (χ2n) is 16.1. The van der Waals surface area contributed by atoms with Crippen LogP contribution in [0.3, 0.4) is 0 Å². The van der Waals surface area contributed by atoms with E-state index >= 15 is 0 Å². The maximum atomic E-state index is 11.3. The topological polar surface area (TPSA) is 126 Å². The van der Waals surface area contributed by atoms with Crippen LogP contribution in [0.25, 0.3) is 0 Å². The van der Waals surface area contributed by atoms with Crippen molar-refractivity contribution in [3.8, 4) is 0 Å². The summed E-state index contributed by atoms with van der Waals surface area (Å²) in [6, 6.07) is 7.53. The van der Waals surface area contributed by atoms with Gasteiger partial charge in [0.15, 0.2) is 0 Å². The molecule has 0 bridgehead atoms. The van der Waals surface area contributed by atoms with E-state index in [1.165, 1.54) is 29.5 Å². The summed E-state index contributed by atoms with van der Waals surface area (Å²) in [6.07, 6.45) is 16.0. The Morgan fingerprint density at radius 3 is 1.68 bits per heavy atom. The van der Waals surface area contributed by atoms with E-state index in [4.69, 9.17) is 14.2 Å². The standard InChI is InChI=1S/C18H29N3O2.C15H23N3O.C11H18N2O.3H2/c1-14(2)15-9-17(11-19-10-15)20-16-3-5-21(6-4-16)12-18-13-22-7-8-23-18;1-11(2)13-8-15(10-16-9-13)17-14-4-6-18(7-5-14)12(3)19;1-9(2)10-6-11(8-12-7-10)13-4-5-14-3;;;/h9-11,14,16,18,20H,3-8,12-13H2,1-2H3;8-11,14,17H,4-7H2,1-3H3;6-9,13H,4-5H2,1-3H3;3*1H. The molecule has 3 fully saturated rings. The number of hydrogen-bond acceptors (Lipinski definition) is 11. The number of hydrogen-bond donors (Lipinski definition) is 3. The molecule has 6 rings (SSSR count). The zero-order valence-electron chi connectivity index (χ0n) is 35.4. The number of carbonyl (C=O) groups excluding carboxylic acids is 1. The van der Waals surface area contributed by atoms with Gasteiger partial charge in [-0.1, -0.05) is 41.5 Å². The van der Waals surface area contributed by atoms with Crippen LogP contribution < -0.4 is 16.0 Å². The lowest BCUT2D eigenvalue weighted by molar-refractivity contribution is -0.129. The molecule has 1 amide bonds. The summed E-state index contributed by atoms with van der Waals surface area (Å²) in [7, 11) is 1.70. The molecule has 3 N–H and O–H groups in total. The van der Waals surface area contributed by atoms with E-state index in [9.17, 15) is 4.79 Å². The monoisotopic (exact) mass is 781 g/mol. The van der Waals surface area contributed by atoms with Crippen LogP contribution in [0.1, 0.15) is 113 Å². The van der Waals surface area contributed by atoms with Gasteiger partial charge < -0.3 is 40.0 Å². The minimum absolute atomic E-state index is 0. The summed E-state index contributed by atoms with van der Waals surface area (Å²) >= 11 is 0. The molecule has 3 aromatic heterocycles. The summed E-state index contributed by atoms with van der Waals surface area (Å²) in [5.41, 5.74) is 7.11. The predicted molar refractivity (Wildman–Crippen MR) is 234 cm³/mol. The first-order chi connectivity index (χ1) is 27.0. The smallest absolute Gasteiger partial charge is 0.219 e. The Labute approximate surface area is 341 Å². The average Bonchev–Trinajstić information content (AvgIpc) is 3.20. The highest BCUT2D eigenvalue weighted by atomic mass is 16.6. The molecule has 56 heavy (non-hydrogen) atoms. The summed E-state index contributed by atoms with van der Waals surface area (Å²) < 4.78 is 16.2. The van der Waals surface area contributed by atoms with Crippen molar-refractivity contribution in [1.82, 2.24) is 24.8 Å². The number of methoxy groups -OCH3 is 1. The van der Waals surface area contributed by atoms with Crippen LogP contribution in [0, 0.1) is 0 Å². The molecule has 0 aliphatic carbocycles. The maximum absolute atomic E-state index is 11.3.